The fraction of sp³-hybridized carbons (Fsp3) is 0.312. The Kier molecular flexibility index (Phi) is 5.51. The third kappa shape index (κ3) is 4.03. The standard InChI is InChI=1S/C16H17Cl2NO3/c1-9-7-12(10(2)22-9)15(20)5-6-19-16(21)13-8-11(17)3-4-14(13)18/h3-4,7-8,15,20H,5-6H2,1-2H3,(H,19,21)/t15-/m0/s1. The van der Waals surface area contributed by atoms with Gasteiger partial charge in [-0.3, -0.25) is 4.79 Å². The van der Waals surface area contributed by atoms with Crippen LogP contribution in [-0.2, 0) is 0 Å². The molecule has 1 aromatic carbocycles. The van der Waals surface area contributed by atoms with Crippen LogP contribution in [-0.4, -0.2) is 17.6 Å². The quantitative estimate of drug-likeness (QED) is 0.861. The first-order chi connectivity index (χ1) is 10.4. The van der Waals surface area contributed by atoms with Crippen molar-refractivity contribution in [1.29, 1.82) is 0 Å². The van der Waals surface area contributed by atoms with Crippen LogP contribution in [0.4, 0.5) is 0 Å². The Labute approximate surface area is 139 Å². The number of nitrogens with one attached hydrogen (secondary N) is 1. The Hall–Kier alpha value is -1.49. The summed E-state index contributed by atoms with van der Waals surface area (Å²) in [6, 6.07) is 6.51. The number of hydrogen-bond acceptors (Lipinski definition) is 3. The number of carbonyl (C=O) groups is 1. The van der Waals surface area contributed by atoms with Crippen molar-refractivity contribution in [2.24, 2.45) is 0 Å². The van der Waals surface area contributed by atoms with Crippen molar-refractivity contribution in [2.45, 2.75) is 26.4 Å². The zero-order valence-corrected chi connectivity index (χ0v) is 13.8. The zero-order valence-electron chi connectivity index (χ0n) is 12.3. The van der Waals surface area contributed by atoms with E-state index in [4.69, 9.17) is 27.6 Å². The topological polar surface area (TPSA) is 62.5 Å². The number of benzene rings is 1. The first kappa shape index (κ1) is 16.9. The second-order valence-corrected chi connectivity index (χ2v) is 5.90. The van der Waals surface area contributed by atoms with E-state index in [0.717, 1.165) is 11.3 Å². The van der Waals surface area contributed by atoms with E-state index in [1.165, 1.54) is 6.07 Å². The van der Waals surface area contributed by atoms with Gasteiger partial charge in [-0.2, -0.15) is 0 Å². The fourth-order valence-corrected chi connectivity index (χ4v) is 2.60. The monoisotopic (exact) mass is 341 g/mol. The van der Waals surface area contributed by atoms with Gasteiger partial charge in [0.1, 0.15) is 11.5 Å². The molecule has 0 aliphatic heterocycles. The van der Waals surface area contributed by atoms with E-state index in [9.17, 15) is 9.90 Å². The molecule has 1 aromatic heterocycles. The molecule has 2 N–H and O–H groups in total. The van der Waals surface area contributed by atoms with Gasteiger partial charge in [0.05, 0.1) is 16.7 Å². The molecule has 0 saturated carbocycles. The van der Waals surface area contributed by atoms with Gasteiger partial charge in [0.2, 0.25) is 0 Å². The van der Waals surface area contributed by atoms with Gasteiger partial charge in [0.15, 0.2) is 0 Å². The number of carbonyl (C=O) groups excluding carboxylic acids is 1. The van der Waals surface area contributed by atoms with Crippen molar-refractivity contribution in [2.75, 3.05) is 6.54 Å². The molecule has 0 radical (unpaired) electrons. The van der Waals surface area contributed by atoms with E-state index in [-0.39, 0.29) is 5.91 Å². The normalized spacial score (nSPS) is 12.2. The van der Waals surface area contributed by atoms with E-state index in [1.54, 1.807) is 25.1 Å². The van der Waals surface area contributed by atoms with Crippen LogP contribution in [0.25, 0.3) is 0 Å². The number of rotatable bonds is 5. The Morgan fingerprint density at radius 1 is 1.32 bits per heavy atom. The number of halogens is 2. The molecule has 118 valence electrons. The van der Waals surface area contributed by atoms with Gasteiger partial charge < -0.3 is 14.8 Å². The lowest BCUT2D eigenvalue weighted by Gasteiger charge is -2.11. The number of furan rings is 1. The average molecular weight is 342 g/mol. The van der Waals surface area contributed by atoms with Crippen molar-refractivity contribution in [3.63, 3.8) is 0 Å². The highest BCUT2D eigenvalue weighted by Crippen LogP contribution is 2.24. The van der Waals surface area contributed by atoms with Crippen molar-refractivity contribution in [3.05, 3.63) is 57.0 Å². The predicted octanol–water partition coefficient (Wildman–Crippen LogP) is 4.06. The Bertz CT molecular complexity index is 682. The summed E-state index contributed by atoms with van der Waals surface area (Å²) in [5.41, 5.74) is 1.06. The largest absolute Gasteiger partial charge is 0.466 e. The van der Waals surface area contributed by atoms with Crippen LogP contribution < -0.4 is 5.32 Å². The maximum atomic E-state index is 12.1. The van der Waals surface area contributed by atoms with Crippen LogP contribution in [0.15, 0.2) is 28.7 Å². The molecule has 0 aliphatic rings. The van der Waals surface area contributed by atoms with Crippen LogP contribution in [0.1, 0.15) is 40.0 Å². The van der Waals surface area contributed by atoms with Gasteiger partial charge in [-0.1, -0.05) is 23.2 Å². The molecule has 6 heteroatoms. The maximum absolute atomic E-state index is 12.1. The molecule has 0 aliphatic carbocycles. The summed E-state index contributed by atoms with van der Waals surface area (Å²) < 4.78 is 5.38. The first-order valence-corrected chi connectivity index (χ1v) is 7.62. The van der Waals surface area contributed by atoms with E-state index < -0.39 is 6.10 Å². The van der Waals surface area contributed by atoms with Gasteiger partial charge in [0, 0.05) is 17.1 Å². The molecule has 1 amide bonds. The highest BCUT2D eigenvalue weighted by Gasteiger charge is 2.15. The Morgan fingerprint density at radius 3 is 2.68 bits per heavy atom. The molecule has 0 spiro atoms. The highest BCUT2D eigenvalue weighted by atomic mass is 35.5. The summed E-state index contributed by atoms with van der Waals surface area (Å²) in [5, 5.41) is 13.6. The lowest BCUT2D eigenvalue weighted by atomic mass is 10.1. The van der Waals surface area contributed by atoms with E-state index in [2.05, 4.69) is 5.32 Å². The molecule has 1 atom stereocenters. The smallest absolute Gasteiger partial charge is 0.252 e. The molecule has 1 heterocycles. The van der Waals surface area contributed by atoms with Gasteiger partial charge in [0.25, 0.3) is 5.91 Å². The molecule has 0 bridgehead atoms. The molecule has 2 aromatic rings. The van der Waals surface area contributed by atoms with Gasteiger partial charge >= 0.3 is 0 Å². The predicted molar refractivity (Wildman–Crippen MR) is 86.6 cm³/mol. The fourth-order valence-electron chi connectivity index (χ4n) is 2.23. The lowest BCUT2D eigenvalue weighted by Crippen LogP contribution is -2.26. The van der Waals surface area contributed by atoms with E-state index >= 15 is 0 Å². The molecule has 0 fully saturated rings. The molecule has 2 rings (SSSR count). The number of amides is 1. The summed E-state index contributed by atoms with van der Waals surface area (Å²) in [4.78, 5) is 12.1. The number of aliphatic hydroxyl groups is 1. The molecular weight excluding hydrogens is 325 g/mol. The number of aliphatic hydroxyl groups excluding tert-OH is 1. The second kappa shape index (κ2) is 7.18. The summed E-state index contributed by atoms with van der Waals surface area (Å²) in [6.07, 6.45) is -0.309. The van der Waals surface area contributed by atoms with E-state index in [1.807, 2.05) is 6.92 Å². The summed E-state index contributed by atoms with van der Waals surface area (Å²) in [7, 11) is 0. The average Bonchev–Trinajstić information content (AvgIpc) is 2.80. The minimum atomic E-state index is -0.687. The van der Waals surface area contributed by atoms with Crippen LogP contribution in [0, 0.1) is 13.8 Å². The molecule has 0 saturated heterocycles. The summed E-state index contributed by atoms with van der Waals surface area (Å²) in [6.45, 7) is 3.94. The van der Waals surface area contributed by atoms with Crippen LogP contribution in [0.3, 0.4) is 0 Å². The minimum absolute atomic E-state index is 0.312. The van der Waals surface area contributed by atoms with Gasteiger partial charge in [-0.05, 0) is 44.5 Å². The second-order valence-electron chi connectivity index (χ2n) is 5.05. The number of aryl methyl sites for hydroxylation is 2. The Balaban J connectivity index is 1.92. The van der Waals surface area contributed by atoms with Gasteiger partial charge in [-0.15, -0.1) is 0 Å². The lowest BCUT2D eigenvalue weighted by molar-refractivity contribution is 0.0942. The van der Waals surface area contributed by atoms with Crippen molar-refractivity contribution >= 4 is 29.1 Å². The van der Waals surface area contributed by atoms with Crippen LogP contribution in [0.2, 0.25) is 10.0 Å². The highest BCUT2D eigenvalue weighted by molar-refractivity contribution is 6.35. The van der Waals surface area contributed by atoms with Crippen molar-refractivity contribution in [3.8, 4) is 0 Å². The first-order valence-electron chi connectivity index (χ1n) is 6.86. The maximum Gasteiger partial charge on any atom is 0.252 e. The van der Waals surface area contributed by atoms with Crippen LogP contribution >= 0.6 is 23.2 Å². The SMILES string of the molecule is Cc1cc([C@@H](O)CCNC(=O)c2cc(Cl)ccc2Cl)c(C)o1. The van der Waals surface area contributed by atoms with E-state index in [0.29, 0.717) is 34.3 Å². The molecule has 0 unspecified atom stereocenters. The Morgan fingerprint density at radius 2 is 2.05 bits per heavy atom. The summed E-state index contributed by atoms with van der Waals surface area (Å²) >= 11 is 11.8. The third-order valence-corrected chi connectivity index (χ3v) is 3.88. The minimum Gasteiger partial charge on any atom is -0.466 e. The van der Waals surface area contributed by atoms with Crippen LogP contribution in [0.5, 0.6) is 0 Å². The molecular formula is C16H17Cl2NO3. The summed E-state index contributed by atoms with van der Waals surface area (Å²) in [5.74, 6) is 1.12. The molecule has 22 heavy (non-hydrogen) atoms. The number of hydrogen-bond donors (Lipinski definition) is 2. The zero-order chi connectivity index (χ0) is 16.3. The van der Waals surface area contributed by atoms with Crippen molar-refractivity contribution < 1.29 is 14.3 Å². The third-order valence-electron chi connectivity index (χ3n) is 3.31. The molecule has 4 nitrogen and oxygen atoms in total. The van der Waals surface area contributed by atoms with Crippen molar-refractivity contribution in [1.82, 2.24) is 5.32 Å². The van der Waals surface area contributed by atoms with Gasteiger partial charge in [-0.25, -0.2) is 0 Å².